The third-order valence-corrected chi connectivity index (χ3v) is 4.89. The minimum atomic E-state index is -0.423. The van der Waals surface area contributed by atoms with Crippen LogP contribution in [0.15, 0.2) is 36.5 Å². The van der Waals surface area contributed by atoms with Crippen LogP contribution in [0.4, 0.5) is 9.93 Å². The summed E-state index contributed by atoms with van der Waals surface area (Å²) in [6.45, 7) is 4.14. The zero-order valence-electron chi connectivity index (χ0n) is 14.4. The van der Waals surface area contributed by atoms with Gasteiger partial charge in [-0.05, 0) is 37.6 Å². The Morgan fingerprint density at radius 1 is 1.23 bits per heavy atom. The van der Waals surface area contributed by atoms with E-state index in [1.807, 2.05) is 31.2 Å². The summed E-state index contributed by atoms with van der Waals surface area (Å²) >= 11 is 1.41. The van der Waals surface area contributed by atoms with E-state index in [1.54, 1.807) is 19.2 Å². The highest BCUT2D eigenvalue weighted by Gasteiger charge is 2.13. The van der Waals surface area contributed by atoms with Crippen molar-refractivity contribution >= 4 is 38.6 Å². The summed E-state index contributed by atoms with van der Waals surface area (Å²) < 4.78 is 0.979. The van der Waals surface area contributed by atoms with E-state index in [-0.39, 0.29) is 6.03 Å². The first kappa shape index (κ1) is 17.8. The number of carbonyl (C=O) groups excluding carboxylic acids is 2. The van der Waals surface area contributed by atoms with Crippen LogP contribution in [0.3, 0.4) is 0 Å². The van der Waals surface area contributed by atoms with Crippen molar-refractivity contribution in [3.05, 3.63) is 42.2 Å². The largest absolute Gasteiger partial charge is 0.369 e. The van der Waals surface area contributed by atoms with Crippen molar-refractivity contribution in [1.82, 2.24) is 15.3 Å². The number of primary amides is 1. The fourth-order valence-electron chi connectivity index (χ4n) is 2.44. The van der Waals surface area contributed by atoms with Crippen molar-refractivity contribution in [2.75, 3.05) is 11.9 Å². The predicted molar refractivity (Wildman–Crippen MR) is 103 cm³/mol. The summed E-state index contributed by atoms with van der Waals surface area (Å²) in [5.41, 5.74) is 8.63. The molecule has 0 aliphatic carbocycles. The summed E-state index contributed by atoms with van der Waals surface area (Å²) in [6, 6.07) is 9.33. The normalized spacial score (nSPS) is 11.9. The smallest absolute Gasteiger partial charge is 0.321 e. The van der Waals surface area contributed by atoms with E-state index in [4.69, 9.17) is 5.73 Å². The van der Waals surface area contributed by atoms with Gasteiger partial charge < -0.3 is 11.1 Å². The fraction of sp³-hybridized carbons (Fsp3) is 0.222. The lowest BCUT2D eigenvalue weighted by Gasteiger charge is -2.07. The van der Waals surface area contributed by atoms with Crippen LogP contribution in [0.2, 0.25) is 0 Å². The van der Waals surface area contributed by atoms with Gasteiger partial charge in [-0.15, -0.1) is 0 Å². The van der Waals surface area contributed by atoms with Gasteiger partial charge in [-0.3, -0.25) is 15.1 Å². The number of nitrogens with two attached hydrogens (primary N) is 1. The van der Waals surface area contributed by atoms with Crippen LogP contribution < -0.4 is 16.4 Å². The van der Waals surface area contributed by atoms with E-state index in [0.717, 1.165) is 21.3 Å². The second kappa shape index (κ2) is 7.49. The number of fused-ring (bicyclic) bond motifs is 1. The molecule has 3 aromatic rings. The maximum atomic E-state index is 11.6. The van der Waals surface area contributed by atoms with Crippen molar-refractivity contribution < 1.29 is 9.59 Å². The molecule has 1 aromatic carbocycles. The predicted octanol–water partition coefficient (Wildman–Crippen LogP) is 3.09. The van der Waals surface area contributed by atoms with Crippen LogP contribution in [0, 0.1) is 0 Å². The summed E-state index contributed by atoms with van der Waals surface area (Å²) in [6.07, 6.45) is 1.72. The van der Waals surface area contributed by atoms with Crippen molar-refractivity contribution in [2.45, 2.75) is 19.8 Å². The highest BCUT2D eigenvalue weighted by molar-refractivity contribution is 7.22. The van der Waals surface area contributed by atoms with Gasteiger partial charge >= 0.3 is 6.03 Å². The van der Waals surface area contributed by atoms with Gasteiger partial charge in [0.15, 0.2) is 5.13 Å². The summed E-state index contributed by atoms with van der Waals surface area (Å²) in [5.74, 6) is -0.825. The first-order valence-electron chi connectivity index (χ1n) is 8.19. The number of urea groups is 1. The molecule has 0 saturated carbocycles. The molecule has 0 aliphatic heterocycles. The number of aromatic nitrogens is 2. The molecule has 0 spiro atoms. The topological polar surface area (TPSA) is 110 Å². The zero-order chi connectivity index (χ0) is 18.7. The Morgan fingerprint density at radius 2 is 2.00 bits per heavy atom. The number of nitrogens with one attached hydrogen (secondary N) is 2. The first-order chi connectivity index (χ1) is 12.5. The molecular weight excluding hydrogens is 350 g/mol. The van der Waals surface area contributed by atoms with E-state index in [2.05, 4.69) is 20.6 Å². The molecule has 26 heavy (non-hydrogen) atoms. The van der Waals surface area contributed by atoms with E-state index < -0.39 is 11.8 Å². The van der Waals surface area contributed by atoms with Crippen molar-refractivity contribution in [1.29, 1.82) is 0 Å². The van der Waals surface area contributed by atoms with Crippen molar-refractivity contribution in [2.24, 2.45) is 5.73 Å². The quantitative estimate of drug-likeness (QED) is 0.642. The van der Waals surface area contributed by atoms with Crippen molar-refractivity contribution in [3.8, 4) is 11.1 Å². The van der Waals surface area contributed by atoms with E-state index in [0.29, 0.717) is 17.4 Å². The number of carbonyl (C=O) groups is 2. The Morgan fingerprint density at radius 3 is 2.65 bits per heavy atom. The van der Waals surface area contributed by atoms with E-state index >= 15 is 0 Å². The molecule has 0 aliphatic rings. The van der Waals surface area contributed by atoms with Gasteiger partial charge in [-0.1, -0.05) is 23.5 Å². The number of hydrogen-bond acceptors (Lipinski definition) is 5. The Labute approximate surface area is 154 Å². The van der Waals surface area contributed by atoms with Crippen molar-refractivity contribution in [3.63, 3.8) is 0 Å². The molecule has 134 valence electrons. The molecule has 3 rings (SSSR count). The van der Waals surface area contributed by atoms with Gasteiger partial charge in [0, 0.05) is 18.3 Å². The number of nitrogens with zero attached hydrogens (tertiary/aromatic N) is 2. The van der Waals surface area contributed by atoms with Crippen LogP contribution in [-0.2, 0) is 4.79 Å². The lowest BCUT2D eigenvalue weighted by atomic mass is 10.0. The summed E-state index contributed by atoms with van der Waals surface area (Å²) in [5, 5.41) is 5.94. The molecule has 0 fully saturated rings. The SMILES string of the molecule is CCNC(=O)Nc1nc2cc(-c3ccc(C(C)C(N)=O)nc3)ccc2s1. The van der Waals surface area contributed by atoms with Crippen LogP contribution in [-0.4, -0.2) is 28.5 Å². The molecule has 1 atom stereocenters. The average Bonchev–Trinajstić information content (AvgIpc) is 3.02. The van der Waals surface area contributed by atoms with Crippen LogP contribution >= 0.6 is 11.3 Å². The molecular formula is C18H19N5O2S. The lowest BCUT2D eigenvalue weighted by Crippen LogP contribution is -2.28. The maximum absolute atomic E-state index is 11.6. The number of anilines is 1. The van der Waals surface area contributed by atoms with Gasteiger partial charge in [0.1, 0.15) is 0 Å². The van der Waals surface area contributed by atoms with Gasteiger partial charge in [0.2, 0.25) is 5.91 Å². The molecule has 2 heterocycles. The zero-order valence-corrected chi connectivity index (χ0v) is 15.3. The number of rotatable bonds is 5. The molecule has 3 amide bonds. The molecule has 7 nitrogen and oxygen atoms in total. The summed E-state index contributed by atoms with van der Waals surface area (Å²) in [4.78, 5) is 31.7. The van der Waals surface area contributed by atoms with E-state index in [1.165, 1.54) is 11.3 Å². The summed E-state index contributed by atoms with van der Waals surface area (Å²) in [7, 11) is 0. The molecule has 8 heteroatoms. The monoisotopic (exact) mass is 369 g/mol. The van der Waals surface area contributed by atoms with E-state index in [9.17, 15) is 9.59 Å². The second-order valence-electron chi connectivity index (χ2n) is 5.78. The molecule has 2 aromatic heterocycles. The fourth-order valence-corrected chi connectivity index (χ4v) is 3.28. The third kappa shape index (κ3) is 3.80. The Balaban J connectivity index is 1.84. The highest BCUT2D eigenvalue weighted by Crippen LogP contribution is 2.30. The molecule has 4 N–H and O–H groups in total. The molecule has 1 unspecified atom stereocenters. The number of pyridine rings is 1. The molecule has 0 bridgehead atoms. The maximum Gasteiger partial charge on any atom is 0.321 e. The minimum Gasteiger partial charge on any atom is -0.369 e. The minimum absolute atomic E-state index is 0.268. The van der Waals surface area contributed by atoms with Crippen LogP contribution in [0.5, 0.6) is 0 Å². The average molecular weight is 369 g/mol. The number of thiazole rings is 1. The Bertz CT molecular complexity index is 952. The Kier molecular flexibility index (Phi) is 5.13. The first-order valence-corrected chi connectivity index (χ1v) is 9.00. The number of benzene rings is 1. The Hall–Kier alpha value is -3.00. The number of hydrogen-bond donors (Lipinski definition) is 3. The number of amides is 3. The molecule has 0 saturated heterocycles. The molecule has 0 radical (unpaired) electrons. The van der Waals surface area contributed by atoms with Crippen LogP contribution in [0.25, 0.3) is 21.3 Å². The lowest BCUT2D eigenvalue weighted by molar-refractivity contribution is -0.119. The van der Waals surface area contributed by atoms with Gasteiger partial charge in [-0.2, -0.15) is 0 Å². The highest BCUT2D eigenvalue weighted by atomic mass is 32.1. The van der Waals surface area contributed by atoms with Gasteiger partial charge in [-0.25, -0.2) is 9.78 Å². The second-order valence-corrected chi connectivity index (χ2v) is 6.81. The van der Waals surface area contributed by atoms with Crippen LogP contribution in [0.1, 0.15) is 25.5 Å². The van der Waals surface area contributed by atoms with Gasteiger partial charge in [0.05, 0.1) is 21.8 Å². The third-order valence-electron chi connectivity index (χ3n) is 3.94. The standard InChI is InChI=1S/C18H19N5O2S/c1-3-20-17(25)23-18-22-14-8-11(5-7-15(14)26-18)12-4-6-13(21-9-12)10(2)16(19)24/h4-10H,3H2,1-2H3,(H2,19,24)(H2,20,22,23,25). The van der Waals surface area contributed by atoms with Gasteiger partial charge in [0.25, 0.3) is 0 Å².